The number of hydrogen-bond acceptors (Lipinski definition) is 4. The molecule has 0 aliphatic carbocycles. The van der Waals surface area contributed by atoms with Gasteiger partial charge in [0, 0.05) is 31.4 Å². The highest BCUT2D eigenvalue weighted by Gasteiger charge is 2.22. The minimum absolute atomic E-state index is 0.291. The third-order valence-electron chi connectivity index (χ3n) is 2.87. The Morgan fingerprint density at radius 2 is 2.27 bits per heavy atom. The summed E-state index contributed by atoms with van der Waals surface area (Å²) < 4.78 is 0. The van der Waals surface area contributed by atoms with Crippen molar-refractivity contribution < 1.29 is 5.11 Å². The SMILES string of the molecule is Cc1ccc(O)c(CN(C)C2CNC2)n1. The fraction of sp³-hybridized carbons (Fsp3) is 0.545. The Bertz CT molecular complexity index is 350. The minimum atomic E-state index is 0.291. The molecular formula is C11H17N3O. The fourth-order valence-corrected chi connectivity index (χ4v) is 1.67. The third kappa shape index (κ3) is 2.27. The average molecular weight is 207 g/mol. The topological polar surface area (TPSA) is 48.4 Å². The first-order valence-electron chi connectivity index (χ1n) is 5.23. The second-order valence-corrected chi connectivity index (χ2v) is 4.15. The van der Waals surface area contributed by atoms with E-state index >= 15 is 0 Å². The Morgan fingerprint density at radius 3 is 2.87 bits per heavy atom. The first-order valence-corrected chi connectivity index (χ1v) is 5.23. The summed E-state index contributed by atoms with van der Waals surface area (Å²) in [6.45, 7) is 4.71. The third-order valence-corrected chi connectivity index (χ3v) is 2.87. The molecule has 0 atom stereocenters. The Morgan fingerprint density at radius 1 is 1.53 bits per heavy atom. The van der Waals surface area contributed by atoms with Crippen LogP contribution in [-0.4, -0.2) is 41.2 Å². The number of nitrogens with zero attached hydrogens (tertiary/aromatic N) is 2. The molecule has 1 fully saturated rings. The van der Waals surface area contributed by atoms with E-state index in [-0.39, 0.29) is 0 Å². The van der Waals surface area contributed by atoms with E-state index < -0.39 is 0 Å². The van der Waals surface area contributed by atoms with Gasteiger partial charge in [0.05, 0.1) is 5.69 Å². The van der Waals surface area contributed by atoms with E-state index in [1.165, 1.54) is 0 Å². The van der Waals surface area contributed by atoms with E-state index in [0.717, 1.165) is 24.5 Å². The lowest BCUT2D eigenvalue weighted by Gasteiger charge is -2.35. The van der Waals surface area contributed by atoms with Gasteiger partial charge in [-0.15, -0.1) is 0 Å². The van der Waals surface area contributed by atoms with Crippen molar-refractivity contribution in [2.24, 2.45) is 0 Å². The summed E-state index contributed by atoms with van der Waals surface area (Å²) in [5.41, 5.74) is 1.72. The van der Waals surface area contributed by atoms with Gasteiger partial charge in [0.25, 0.3) is 0 Å². The molecular weight excluding hydrogens is 190 g/mol. The summed E-state index contributed by atoms with van der Waals surface area (Å²) in [5.74, 6) is 0.291. The van der Waals surface area contributed by atoms with Crippen LogP contribution >= 0.6 is 0 Å². The molecule has 0 radical (unpaired) electrons. The minimum Gasteiger partial charge on any atom is -0.506 e. The van der Waals surface area contributed by atoms with Gasteiger partial charge < -0.3 is 10.4 Å². The van der Waals surface area contributed by atoms with E-state index in [1.807, 2.05) is 13.0 Å². The van der Waals surface area contributed by atoms with Gasteiger partial charge in [-0.1, -0.05) is 0 Å². The van der Waals surface area contributed by atoms with Crippen LogP contribution < -0.4 is 5.32 Å². The predicted octanol–water partition coefficient (Wildman–Crippen LogP) is 0.499. The highest BCUT2D eigenvalue weighted by atomic mass is 16.3. The molecule has 1 aliphatic heterocycles. The quantitative estimate of drug-likeness (QED) is 0.757. The van der Waals surface area contributed by atoms with E-state index in [1.54, 1.807) is 6.07 Å². The van der Waals surface area contributed by atoms with Gasteiger partial charge in [0.2, 0.25) is 0 Å². The molecule has 1 aromatic rings. The van der Waals surface area contributed by atoms with Crippen molar-refractivity contribution in [1.82, 2.24) is 15.2 Å². The van der Waals surface area contributed by atoms with E-state index in [9.17, 15) is 5.11 Å². The van der Waals surface area contributed by atoms with Gasteiger partial charge in [0.15, 0.2) is 0 Å². The van der Waals surface area contributed by atoms with Crippen molar-refractivity contribution in [3.05, 3.63) is 23.5 Å². The molecule has 0 amide bonds. The van der Waals surface area contributed by atoms with Gasteiger partial charge in [-0.05, 0) is 26.1 Å². The molecule has 0 saturated carbocycles. The van der Waals surface area contributed by atoms with E-state index in [2.05, 4.69) is 22.2 Å². The van der Waals surface area contributed by atoms with Crippen molar-refractivity contribution >= 4 is 0 Å². The first kappa shape index (κ1) is 10.4. The monoisotopic (exact) mass is 207 g/mol. The number of aromatic hydroxyl groups is 1. The molecule has 0 unspecified atom stereocenters. The molecule has 1 aromatic heterocycles. The van der Waals surface area contributed by atoms with Crippen LogP contribution in [0.15, 0.2) is 12.1 Å². The molecule has 2 N–H and O–H groups in total. The van der Waals surface area contributed by atoms with Crippen LogP contribution in [0.2, 0.25) is 0 Å². The zero-order valence-electron chi connectivity index (χ0n) is 9.20. The lowest BCUT2D eigenvalue weighted by Crippen LogP contribution is -2.55. The smallest absolute Gasteiger partial charge is 0.138 e. The summed E-state index contributed by atoms with van der Waals surface area (Å²) in [6.07, 6.45) is 0. The number of nitrogens with one attached hydrogen (secondary N) is 1. The van der Waals surface area contributed by atoms with Gasteiger partial charge >= 0.3 is 0 Å². The zero-order chi connectivity index (χ0) is 10.8. The summed E-state index contributed by atoms with van der Waals surface area (Å²) in [4.78, 5) is 6.56. The maximum absolute atomic E-state index is 9.65. The predicted molar refractivity (Wildman–Crippen MR) is 58.8 cm³/mol. The first-order chi connectivity index (χ1) is 7.16. The summed E-state index contributed by atoms with van der Waals surface area (Å²) in [5, 5.41) is 12.9. The van der Waals surface area contributed by atoms with Gasteiger partial charge in [0.1, 0.15) is 5.75 Å². The van der Waals surface area contributed by atoms with Gasteiger partial charge in [-0.3, -0.25) is 9.88 Å². The summed E-state index contributed by atoms with van der Waals surface area (Å²) >= 11 is 0. The lowest BCUT2D eigenvalue weighted by molar-refractivity contribution is 0.169. The number of aryl methyl sites for hydroxylation is 1. The van der Waals surface area contributed by atoms with Crippen LogP contribution in [-0.2, 0) is 6.54 Å². The van der Waals surface area contributed by atoms with Gasteiger partial charge in [-0.2, -0.15) is 0 Å². The second-order valence-electron chi connectivity index (χ2n) is 4.15. The normalized spacial score (nSPS) is 16.7. The Balaban J connectivity index is 2.05. The van der Waals surface area contributed by atoms with Crippen molar-refractivity contribution in [2.75, 3.05) is 20.1 Å². The van der Waals surface area contributed by atoms with E-state index in [4.69, 9.17) is 0 Å². The van der Waals surface area contributed by atoms with Crippen LogP contribution in [0.25, 0.3) is 0 Å². The number of likely N-dealkylation sites (N-methyl/N-ethyl adjacent to an activating group) is 1. The number of hydrogen-bond donors (Lipinski definition) is 2. The molecule has 0 aromatic carbocycles. The van der Waals surface area contributed by atoms with Crippen molar-refractivity contribution in [2.45, 2.75) is 19.5 Å². The largest absolute Gasteiger partial charge is 0.506 e. The van der Waals surface area contributed by atoms with E-state index in [0.29, 0.717) is 18.3 Å². The number of pyridine rings is 1. The number of rotatable bonds is 3. The lowest BCUT2D eigenvalue weighted by atomic mass is 10.1. The summed E-state index contributed by atoms with van der Waals surface area (Å²) in [6, 6.07) is 4.11. The molecule has 4 heteroatoms. The van der Waals surface area contributed by atoms with Crippen molar-refractivity contribution in [3.63, 3.8) is 0 Å². The zero-order valence-corrected chi connectivity index (χ0v) is 9.20. The molecule has 0 bridgehead atoms. The standard InChI is InChI=1S/C11H17N3O/c1-8-3-4-11(15)10(13-8)7-14(2)9-5-12-6-9/h3-4,9,12,15H,5-7H2,1-2H3. The molecule has 1 aliphatic rings. The molecule has 1 saturated heterocycles. The molecule has 82 valence electrons. The van der Waals surface area contributed by atoms with Crippen LogP contribution in [0.1, 0.15) is 11.4 Å². The van der Waals surface area contributed by atoms with Crippen LogP contribution in [0.3, 0.4) is 0 Å². The average Bonchev–Trinajstić information content (AvgIpc) is 2.08. The van der Waals surface area contributed by atoms with Crippen LogP contribution in [0.4, 0.5) is 0 Å². The van der Waals surface area contributed by atoms with Crippen LogP contribution in [0.5, 0.6) is 5.75 Å². The highest BCUT2D eigenvalue weighted by molar-refractivity contribution is 5.27. The van der Waals surface area contributed by atoms with Crippen molar-refractivity contribution in [1.29, 1.82) is 0 Å². The number of aromatic nitrogens is 1. The maximum Gasteiger partial charge on any atom is 0.138 e. The Hall–Kier alpha value is -1.13. The highest BCUT2D eigenvalue weighted by Crippen LogP contribution is 2.17. The van der Waals surface area contributed by atoms with Gasteiger partial charge in [-0.25, -0.2) is 0 Å². The second kappa shape index (κ2) is 4.16. The maximum atomic E-state index is 9.65. The molecule has 15 heavy (non-hydrogen) atoms. The Kier molecular flexibility index (Phi) is 2.88. The molecule has 4 nitrogen and oxygen atoms in total. The molecule has 2 heterocycles. The molecule has 2 rings (SSSR count). The van der Waals surface area contributed by atoms with Crippen LogP contribution in [0, 0.1) is 6.92 Å². The summed E-state index contributed by atoms with van der Waals surface area (Å²) in [7, 11) is 2.06. The Labute approximate surface area is 89.9 Å². The van der Waals surface area contributed by atoms with Crippen molar-refractivity contribution in [3.8, 4) is 5.75 Å². The molecule has 0 spiro atoms. The fourth-order valence-electron chi connectivity index (χ4n) is 1.67.